The molecule has 1 heterocycles. The number of nitrogens with one attached hydrogen (secondary N) is 2. The molecule has 1 aliphatic carbocycles. The van der Waals surface area contributed by atoms with E-state index < -0.39 is 30.0 Å². The van der Waals surface area contributed by atoms with E-state index >= 15 is 0 Å². The van der Waals surface area contributed by atoms with Crippen LogP contribution in [0.4, 0.5) is 0 Å². The molecule has 1 saturated carbocycles. The molecule has 1 aromatic rings. The molecule has 8 nitrogen and oxygen atoms in total. The van der Waals surface area contributed by atoms with Crippen LogP contribution < -0.4 is 10.6 Å². The zero-order valence-electron chi connectivity index (χ0n) is 20.3. The van der Waals surface area contributed by atoms with Gasteiger partial charge >= 0.3 is 5.97 Å². The first-order valence-electron chi connectivity index (χ1n) is 12.5. The van der Waals surface area contributed by atoms with E-state index in [9.17, 15) is 19.2 Å². The number of amides is 3. The van der Waals surface area contributed by atoms with Crippen LogP contribution in [0.2, 0.25) is 0 Å². The molecule has 0 spiro atoms. The highest BCUT2D eigenvalue weighted by atomic mass is 16.5. The van der Waals surface area contributed by atoms with E-state index in [-0.39, 0.29) is 24.7 Å². The summed E-state index contributed by atoms with van der Waals surface area (Å²) in [6.07, 6.45) is 7.35. The first-order chi connectivity index (χ1) is 16.4. The van der Waals surface area contributed by atoms with E-state index in [2.05, 4.69) is 10.6 Å². The number of benzene rings is 1. The Morgan fingerprint density at radius 3 is 2.44 bits per heavy atom. The Bertz CT molecular complexity index is 853. The zero-order valence-corrected chi connectivity index (χ0v) is 20.3. The van der Waals surface area contributed by atoms with Gasteiger partial charge in [-0.25, -0.2) is 4.79 Å². The quantitative estimate of drug-likeness (QED) is 0.381. The van der Waals surface area contributed by atoms with Crippen LogP contribution in [0.5, 0.6) is 0 Å². The van der Waals surface area contributed by atoms with E-state index in [1.807, 2.05) is 37.3 Å². The van der Waals surface area contributed by atoms with Crippen molar-refractivity contribution in [3.63, 3.8) is 0 Å². The minimum absolute atomic E-state index is 0.0290. The van der Waals surface area contributed by atoms with E-state index in [0.717, 1.165) is 18.4 Å². The van der Waals surface area contributed by atoms with Gasteiger partial charge < -0.3 is 20.3 Å². The Morgan fingerprint density at radius 1 is 1.12 bits per heavy atom. The topological polar surface area (TPSA) is 105 Å². The molecule has 1 saturated heterocycles. The monoisotopic (exact) mass is 471 g/mol. The van der Waals surface area contributed by atoms with Gasteiger partial charge in [0, 0.05) is 13.0 Å². The lowest BCUT2D eigenvalue weighted by molar-refractivity contribution is -0.162. The standard InChI is InChI=1S/C26H37N3O5/c1-3-10-21(24(31)27-17-19-13-8-5-9-14-19)29-22(16-23(29)30)25(32)28-20(26(33)34-2)15-18-11-6-4-7-12-18/h4,6-7,11-12,19-22H,3,5,8-10,13-17H2,1-2H3,(H,27,31)(H,28,32). The molecule has 0 aromatic heterocycles. The molecule has 1 aromatic carbocycles. The Labute approximate surface area is 201 Å². The predicted molar refractivity (Wildman–Crippen MR) is 128 cm³/mol. The zero-order chi connectivity index (χ0) is 24.5. The van der Waals surface area contributed by atoms with Crippen molar-refractivity contribution in [1.29, 1.82) is 0 Å². The van der Waals surface area contributed by atoms with Crippen LogP contribution in [0.1, 0.15) is 63.9 Å². The maximum atomic E-state index is 13.1. The van der Waals surface area contributed by atoms with Crippen molar-refractivity contribution < 1.29 is 23.9 Å². The summed E-state index contributed by atoms with van der Waals surface area (Å²) in [5.74, 6) is -0.932. The number of esters is 1. The SMILES string of the molecule is CCCC(C(=O)NCC1CCCCC1)N1C(=O)CC1C(=O)NC(Cc1ccccc1)C(=O)OC. The molecule has 0 bridgehead atoms. The van der Waals surface area contributed by atoms with Gasteiger partial charge in [0.25, 0.3) is 0 Å². The number of likely N-dealkylation sites (tertiary alicyclic amines) is 1. The third-order valence-electron chi connectivity index (χ3n) is 6.87. The van der Waals surface area contributed by atoms with E-state index in [1.165, 1.54) is 31.3 Å². The summed E-state index contributed by atoms with van der Waals surface area (Å²) in [6.45, 7) is 2.56. The van der Waals surface area contributed by atoms with Crippen molar-refractivity contribution in [2.24, 2.45) is 5.92 Å². The fourth-order valence-electron chi connectivity index (χ4n) is 4.92. The summed E-state index contributed by atoms with van der Waals surface area (Å²) in [7, 11) is 1.28. The molecule has 3 amide bonds. The Balaban J connectivity index is 1.64. The molecule has 34 heavy (non-hydrogen) atoms. The fraction of sp³-hybridized carbons (Fsp3) is 0.615. The van der Waals surface area contributed by atoms with Gasteiger partial charge in [0.05, 0.1) is 13.5 Å². The lowest BCUT2D eigenvalue weighted by Gasteiger charge is -2.44. The first-order valence-corrected chi connectivity index (χ1v) is 12.5. The third-order valence-corrected chi connectivity index (χ3v) is 6.87. The minimum Gasteiger partial charge on any atom is -0.467 e. The highest BCUT2D eigenvalue weighted by molar-refractivity contribution is 6.01. The van der Waals surface area contributed by atoms with Gasteiger partial charge in [0.15, 0.2) is 0 Å². The second kappa shape index (κ2) is 12.5. The average molecular weight is 472 g/mol. The van der Waals surface area contributed by atoms with E-state index in [1.54, 1.807) is 0 Å². The molecule has 2 aliphatic rings. The summed E-state index contributed by atoms with van der Waals surface area (Å²) >= 11 is 0. The molecule has 3 unspecified atom stereocenters. The van der Waals surface area contributed by atoms with Gasteiger partial charge in [0.2, 0.25) is 17.7 Å². The molecule has 8 heteroatoms. The second-order valence-corrected chi connectivity index (χ2v) is 9.35. The van der Waals surface area contributed by atoms with Crippen LogP contribution in [0.3, 0.4) is 0 Å². The molecule has 2 fully saturated rings. The van der Waals surface area contributed by atoms with E-state index in [0.29, 0.717) is 25.3 Å². The average Bonchev–Trinajstić information content (AvgIpc) is 2.85. The number of carbonyl (C=O) groups excluding carboxylic acids is 4. The van der Waals surface area contributed by atoms with Crippen LogP contribution in [0.15, 0.2) is 30.3 Å². The Hall–Kier alpha value is -2.90. The number of ether oxygens (including phenoxy) is 1. The largest absolute Gasteiger partial charge is 0.467 e. The summed E-state index contributed by atoms with van der Waals surface area (Å²) in [5, 5.41) is 5.78. The van der Waals surface area contributed by atoms with Crippen molar-refractivity contribution in [2.45, 2.75) is 82.8 Å². The lowest BCUT2D eigenvalue weighted by Crippen LogP contribution is -2.67. The molecule has 186 valence electrons. The van der Waals surface area contributed by atoms with Crippen molar-refractivity contribution in [3.05, 3.63) is 35.9 Å². The molecule has 2 N–H and O–H groups in total. The van der Waals surface area contributed by atoms with Gasteiger partial charge in [0.1, 0.15) is 18.1 Å². The fourth-order valence-corrected chi connectivity index (χ4v) is 4.92. The van der Waals surface area contributed by atoms with Crippen molar-refractivity contribution in [2.75, 3.05) is 13.7 Å². The van der Waals surface area contributed by atoms with Crippen LogP contribution in [0, 0.1) is 5.92 Å². The van der Waals surface area contributed by atoms with E-state index in [4.69, 9.17) is 4.74 Å². The maximum Gasteiger partial charge on any atom is 0.328 e. The van der Waals surface area contributed by atoms with Crippen molar-refractivity contribution in [1.82, 2.24) is 15.5 Å². The molecule has 3 rings (SSSR count). The predicted octanol–water partition coefficient (Wildman–Crippen LogP) is 2.35. The molecular formula is C26H37N3O5. The Morgan fingerprint density at radius 2 is 1.82 bits per heavy atom. The summed E-state index contributed by atoms with van der Waals surface area (Å²) in [6, 6.07) is 7.01. The number of hydrogen-bond donors (Lipinski definition) is 2. The van der Waals surface area contributed by atoms with Crippen LogP contribution in [0.25, 0.3) is 0 Å². The highest BCUT2D eigenvalue weighted by Gasteiger charge is 2.47. The first kappa shape index (κ1) is 25.7. The number of β-lactam (4-membered cyclic amide) rings is 1. The summed E-state index contributed by atoms with van der Waals surface area (Å²) < 4.78 is 4.88. The summed E-state index contributed by atoms with van der Waals surface area (Å²) in [4.78, 5) is 52.4. The van der Waals surface area contributed by atoms with Gasteiger partial charge in [-0.2, -0.15) is 0 Å². The van der Waals surface area contributed by atoms with Gasteiger partial charge in [-0.05, 0) is 30.7 Å². The summed E-state index contributed by atoms with van der Waals surface area (Å²) in [5.41, 5.74) is 0.880. The van der Waals surface area contributed by atoms with Crippen LogP contribution >= 0.6 is 0 Å². The maximum absolute atomic E-state index is 13.1. The van der Waals surface area contributed by atoms with Gasteiger partial charge in [-0.3, -0.25) is 14.4 Å². The molecular weight excluding hydrogens is 434 g/mol. The number of methoxy groups -OCH3 is 1. The molecule has 3 atom stereocenters. The molecule has 0 radical (unpaired) electrons. The number of nitrogens with zero attached hydrogens (tertiary/aromatic N) is 1. The van der Waals surface area contributed by atoms with Gasteiger partial charge in [-0.1, -0.05) is 62.9 Å². The lowest BCUT2D eigenvalue weighted by atomic mass is 9.89. The van der Waals surface area contributed by atoms with Crippen LogP contribution in [-0.4, -0.2) is 60.4 Å². The number of carbonyl (C=O) groups is 4. The Kier molecular flexibility index (Phi) is 9.48. The second-order valence-electron chi connectivity index (χ2n) is 9.35. The normalized spacial score (nSPS) is 20.1. The van der Waals surface area contributed by atoms with Gasteiger partial charge in [-0.15, -0.1) is 0 Å². The molecule has 1 aliphatic heterocycles. The number of rotatable bonds is 11. The van der Waals surface area contributed by atoms with Crippen molar-refractivity contribution in [3.8, 4) is 0 Å². The van der Waals surface area contributed by atoms with Crippen LogP contribution in [-0.2, 0) is 30.3 Å². The third kappa shape index (κ3) is 6.58. The number of hydrogen-bond acceptors (Lipinski definition) is 5. The smallest absolute Gasteiger partial charge is 0.328 e. The minimum atomic E-state index is -0.873. The van der Waals surface area contributed by atoms with Crippen molar-refractivity contribution >= 4 is 23.7 Å². The highest BCUT2D eigenvalue weighted by Crippen LogP contribution is 2.27.